The highest BCUT2D eigenvalue weighted by molar-refractivity contribution is 7.27. The van der Waals surface area contributed by atoms with Crippen LogP contribution in [0, 0.1) is 0 Å². The van der Waals surface area contributed by atoms with Gasteiger partial charge in [0, 0.05) is 42.3 Å². The number of aromatic nitrogens is 1. The van der Waals surface area contributed by atoms with E-state index in [1.54, 1.807) is 11.3 Å². The Morgan fingerprint density at radius 1 is 0.946 bits per heavy atom. The molecule has 0 fully saturated rings. The molecule has 0 unspecified atom stereocenters. The van der Waals surface area contributed by atoms with Crippen LogP contribution < -0.4 is 5.46 Å². The molecule has 0 radical (unpaired) electrons. The highest BCUT2D eigenvalue weighted by atomic mass is 32.1. The van der Waals surface area contributed by atoms with Crippen molar-refractivity contribution in [1.82, 2.24) is 4.57 Å². The summed E-state index contributed by atoms with van der Waals surface area (Å²) in [5, 5.41) is 23.9. The summed E-state index contributed by atoms with van der Waals surface area (Å²) in [7, 11) is -1.59. The zero-order chi connectivity index (χ0) is 26.1. The van der Waals surface area contributed by atoms with Crippen LogP contribution in [0.5, 0.6) is 0 Å². The van der Waals surface area contributed by atoms with Crippen LogP contribution in [0.3, 0.4) is 0 Å². The molecule has 182 valence electrons. The lowest BCUT2D eigenvalue weighted by atomic mass is 9.79. The third kappa shape index (κ3) is 4.21. The van der Waals surface area contributed by atoms with E-state index in [0.717, 1.165) is 59.2 Å². The normalized spacial score (nSPS) is 12.5. The summed E-state index contributed by atoms with van der Waals surface area (Å²) in [5.41, 5.74) is 6.44. The van der Waals surface area contributed by atoms with Gasteiger partial charge in [0.1, 0.15) is 0 Å². The molecule has 5 rings (SSSR count). The monoisotopic (exact) mass is 501 g/mol. The lowest BCUT2D eigenvalue weighted by molar-refractivity contribution is 0.426. The second kappa shape index (κ2) is 10.2. The summed E-state index contributed by atoms with van der Waals surface area (Å²) >= 11 is 1.58. The van der Waals surface area contributed by atoms with E-state index >= 15 is 0 Å². The Balaban J connectivity index is 1.91. The number of rotatable bonds is 7. The van der Waals surface area contributed by atoms with Crippen molar-refractivity contribution in [2.45, 2.75) is 13.8 Å². The van der Waals surface area contributed by atoms with Crippen LogP contribution >= 0.6 is 11.3 Å². The predicted molar refractivity (Wildman–Crippen MR) is 164 cm³/mol. The minimum absolute atomic E-state index is 0.498. The van der Waals surface area contributed by atoms with Gasteiger partial charge in [-0.05, 0) is 55.3 Å². The molecule has 2 heterocycles. The lowest BCUT2D eigenvalue weighted by Gasteiger charge is -2.13. The van der Waals surface area contributed by atoms with Crippen molar-refractivity contribution in [3.63, 3.8) is 0 Å². The van der Waals surface area contributed by atoms with Gasteiger partial charge < -0.3 is 14.6 Å². The van der Waals surface area contributed by atoms with E-state index in [1.165, 1.54) is 0 Å². The Bertz CT molecular complexity index is 1760. The zero-order valence-corrected chi connectivity index (χ0v) is 21.8. The number of nitrogens with zero attached hydrogens (tertiary/aromatic N) is 1. The third-order valence-corrected chi connectivity index (χ3v) is 7.86. The first-order valence-corrected chi connectivity index (χ1v) is 13.0. The minimum atomic E-state index is -1.59. The van der Waals surface area contributed by atoms with E-state index in [2.05, 4.69) is 60.2 Å². The van der Waals surface area contributed by atoms with E-state index in [-0.39, 0.29) is 0 Å². The number of hydrogen-bond donors (Lipinski definition) is 2. The number of hydrogen-bond acceptors (Lipinski definition) is 3. The molecule has 3 aromatic carbocycles. The SMILES string of the molecule is C=C/C(=C\C=C/C)c1ccc2c(C=C)c(/C=C\C)n(-c3cc(B(O)O)c4sc5ccccc5c4c3)c2c1. The van der Waals surface area contributed by atoms with E-state index in [9.17, 15) is 10.0 Å². The maximum absolute atomic E-state index is 10.4. The van der Waals surface area contributed by atoms with Crippen molar-refractivity contribution >= 4 is 72.7 Å². The van der Waals surface area contributed by atoms with Crippen LogP contribution in [0.4, 0.5) is 0 Å². The van der Waals surface area contributed by atoms with E-state index in [4.69, 9.17) is 0 Å². The average Bonchev–Trinajstić information content (AvgIpc) is 3.43. The van der Waals surface area contributed by atoms with Gasteiger partial charge in [-0.2, -0.15) is 0 Å². The van der Waals surface area contributed by atoms with Crippen LogP contribution in [-0.2, 0) is 0 Å². The smallest absolute Gasteiger partial charge is 0.423 e. The molecule has 2 N–H and O–H groups in total. The number of benzene rings is 3. The van der Waals surface area contributed by atoms with E-state index < -0.39 is 7.12 Å². The molecule has 0 aliphatic rings. The first-order valence-electron chi connectivity index (χ1n) is 12.2. The lowest BCUT2D eigenvalue weighted by Crippen LogP contribution is -2.30. The molecule has 0 aliphatic heterocycles. The Morgan fingerprint density at radius 2 is 1.76 bits per heavy atom. The van der Waals surface area contributed by atoms with Crippen LogP contribution in [0.2, 0.25) is 0 Å². The highest BCUT2D eigenvalue weighted by Crippen LogP contribution is 2.37. The second-order valence-corrected chi connectivity index (χ2v) is 9.86. The van der Waals surface area contributed by atoms with Crippen molar-refractivity contribution in [1.29, 1.82) is 0 Å². The number of thiophene rings is 1. The molecule has 5 heteroatoms. The molecule has 37 heavy (non-hydrogen) atoms. The van der Waals surface area contributed by atoms with Gasteiger partial charge in [0.15, 0.2) is 0 Å². The van der Waals surface area contributed by atoms with Gasteiger partial charge in [0.05, 0.1) is 11.2 Å². The quantitative estimate of drug-likeness (QED) is 0.179. The Hall–Kier alpha value is -3.90. The third-order valence-electron chi connectivity index (χ3n) is 6.62. The molecule has 5 aromatic rings. The fourth-order valence-corrected chi connectivity index (χ4v) is 6.18. The minimum Gasteiger partial charge on any atom is -0.423 e. The first-order chi connectivity index (χ1) is 18.0. The standard InChI is InChI=1S/C32H28BNO2S/c1-5-9-13-21(7-3)22-16-17-25-24(8-4)29(12-6-2)34(30(25)18-22)23-19-27-26-14-10-11-15-31(26)37-32(27)28(20-23)33(35)36/h5-20,35-36H,3-4H2,1-2H3/b9-5-,12-6-,21-13+. The summed E-state index contributed by atoms with van der Waals surface area (Å²) < 4.78 is 4.18. The van der Waals surface area contributed by atoms with Crippen molar-refractivity contribution in [3.8, 4) is 5.69 Å². The van der Waals surface area contributed by atoms with Gasteiger partial charge in [-0.1, -0.05) is 79.9 Å². The second-order valence-electron chi connectivity index (χ2n) is 8.81. The maximum atomic E-state index is 10.4. The van der Waals surface area contributed by atoms with Crippen LogP contribution in [0.1, 0.15) is 30.7 Å². The molecule has 0 atom stereocenters. The van der Waals surface area contributed by atoms with Crippen molar-refractivity contribution in [2.75, 3.05) is 0 Å². The van der Waals surface area contributed by atoms with Gasteiger partial charge in [0.2, 0.25) is 0 Å². The fraction of sp³-hybridized carbons (Fsp3) is 0.0625. The summed E-state index contributed by atoms with van der Waals surface area (Å²) in [6, 6.07) is 18.6. The zero-order valence-electron chi connectivity index (χ0n) is 21.0. The maximum Gasteiger partial charge on any atom is 0.489 e. The highest BCUT2D eigenvalue weighted by Gasteiger charge is 2.22. The molecule has 0 saturated heterocycles. The summed E-state index contributed by atoms with van der Waals surface area (Å²) in [4.78, 5) is 0. The molecule has 3 nitrogen and oxygen atoms in total. The summed E-state index contributed by atoms with van der Waals surface area (Å²) in [6.07, 6.45) is 13.9. The van der Waals surface area contributed by atoms with Gasteiger partial charge in [-0.3, -0.25) is 0 Å². The van der Waals surface area contributed by atoms with Gasteiger partial charge in [-0.25, -0.2) is 0 Å². The summed E-state index contributed by atoms with van der Waals surface area (Å²) in [6.45, 7) is 12.1. The number of fused-ring (bicyclic) bond motifs is 4. The van der Waals surface area contributed by atoms with Crippen LogP contribution in [0.15, 0.2) is 98.1 Å². The number of allylic oxidation sites excluding steroid dienone is 6. The largest absolute Gasteiger partial charge is 0.489 e. The first kappa shape index (κ1) is 24.8. The molecule has 0 spiro atoms. The molecular weight excluding hydrogens is 473 g/mol. The summed E-state index contributed by atoms with van der Waals surface area (Å²) in [5.74, 6) is 0. The van der Waals surface area contributed by atoms with Gasteiger partial charge in [-0.15, -0.1) is 11.3 Å². The molecule has 0 aliphatic carbocycles. The Kier molecular flexibility index (Phi) is 6.85. The van der Waals surface area contributed by atoms with Gasteiger partial charge >= 0.3 is 7.12 Å². The molecule has 0 saturated carbocycles. The Labute approximate surface area is 221 Å². The molecule has 2 aromatic heterocycles. The average molecular weight is 501 g/mol. The predicted octanol–water partition coefficient (Wildman–Crippen LogP) is 7.50. The Morgan fingerprint density at radius 3 is 2.46 bits per heavy atom. The topological polar surface area (TPSA) is 45.4 Å². The van der Waals surface area contributed by atoms with E-state index in [1.807, 2.05) is 68.5 Å². The fourth-order valence-electron chi connectivity index (χ4n) is 4.97. The molecule has 0 amide bonds. The van der Waals surface area contributed by atoms with Crippen molar-refractivity contribution < 1.29 is 10.0 Å². The molecular formula is C32H28BNO2S. The van der Waals surface area contributed by atoms with Crippen molar-refractivity contribution in [2.24, 2.45) is 0 Å². The van der Waals surface area contributed by atoms with Crippen LogP contribution in [-0.4, -0.2) is 21.7 Å². The van der Waals surface area contributed by atoms with Crippen molar-refractivity contribution in [3.05, 3.63) is 115 Å². The van der Waals surface area contributed by atoms with E-state index in [0.29, 0.717) is 5.46 Å². The van der Waals surface area contributed by atoms with Gasteiger partial charge in [0.25, 0.3) is 0 Å². The molecule has 0 bridgehead atoms. The van der Waals surface area contributed by atoms with Crippen LogP contribution in [0.25, 0.3) is 54.5 Å².